The molecule has 76 valence electrons. The summed E-state index contributed by atoms with van der Waals surface area (Å²) in [5, 5.41) is 0. The van der Waals surface area contributed by atoms with E-state index in [0.29, 0.717) is 0 Å². The van der Waals surface area contributed by atoms with Crippen molar-refractivity contribution in [3.05, 3.63) is 26.6 Å². The van der Waals surface area contributed by atoms with Gasteiger partial charge in [0.05, 0.1) is 11.1 Å². The van der Waals surface area contributed by atoms with Crippen LogP contribution in [-0.4, -0.2) is 6.61 Å². The van der Waals surface area contributed by atoms with Crippen molar-refractivity contribution in [1.82, 2.24) is 0 Å². The predicted octanol–water partition coefficient (Wildman–Crippen LogP) is 3.38. The summed E-state index contributed by atoms with van der Waals surface area (Å²) < 4.78 is 7.66. The van der Waals surface area contributed by atoms with Crippen LogP contribution >= 0.6 is 31.9 Å². The number of benzene rings is 1. The van der Waals surface area contributed by atoms with E-state index in [9.17, 15) is 0 Å². The van der Waals surface area contributed by atoms with Gasteiger partial charge in [0.25, 0.3) is 0 Å². The molecule has 0 saturated heterocycles. The molecule has 2 rings (SSSR count). The second kappa shape index (κ2) is 4.21. The number of ether oxygens (including phenoxy) is 1. The summed E-state index contributed by atoms with van der Waals surface area (Å²) in [4.78, 5) is 0. The molecular weight excluding hydrogens is 310 g/mol. The highest BCUT2D eigenvalue weighted by molar-refractivity contribution is 9.11. The van der Waals surface area contributed by atoms with Gasteiger partial charge < -0.3 is 10.5 Å². The van der Waals surface area contributed by atoms with Gasteiger partial charge in [-0.1, -0.05) is 15.9 Å². The third-order valence-electron chi connectivity index (χ3n) is 2.34. The number of fused-ring (bicyclic) bond motifs is 1. The highest BCUT2D eigenvalue weighted by Gasteiger charge is 2.19. The monoisotopic (exact) mass is 319 g/mol. The number of halogens is 2. The van der Waals surface area contributed by atoms with Crippen LogP contribution in [0.5, 0.6) is 5.75 Å². The molecule has 2 N–H and O–H groups in total. The van der Waals surface area contributed by atoms with Gasteiger partial charge in [0.2, 0.25) is 0 Å². The standard InChI is InChI=1S/C10H11Br2NO/c11-6-4-7-9(13)2-1-3-14-10(7)8(12)5-6/h4-5,9H,1-3,13H2/t9-/m0/s1. The molecule has 2 nitrogen and oxygen atoms in total. The lowest BCUT2D eigenvalue weighted by atomic mass is 10.0. The van der Waals surface area contributed by atoms with Crippen LogP contribution in [-0.2, 0) is 0 Å². The van der Waals surface area contributed by atoms with Gasteiger partial charge in [0.1, 0.15) is 5.75 Å². The van der Waals surface area contributed by atoms with E-state index in [2.05, 4.69) is 31.9 Å². The number of rotatable bonds is 0. The van der Waals surface area contributed by atoms with E-state index in [0.717, 1.165) is 39.7 Å². The lowest BCUT2D eigenvalue weighted by Crippen LogP contribution is -2.09. The van der Waals surface area contributed by atoms with E-state index in [4.69, 9.17) is 10.5 Å². The van der Waals surface area contributed by atoms with Crippen LogP contribution in [0.4, 0.5) is 0 Å². The van der Waals surface area contributed by atoms with Crippen molar-refractivity contribution >= 4 is 31.9 Å². The Kier molecular flexibility index (Phi) is 3.14. The van der Waals surface area contributed by atoms with E-state index in [-0.39, 0.29) is 6.04 Å². The number of hydrogen-bond acceptors (Lipinski definition) is 2. The normalized spacial score (nSPS) is 20.9. The summed E-state index contributed by atoms with van der Waals surface area (Å²) in [6, 6.07) is 4.11. The summed E-state index contributed by atoms with van der Waals surface area (Å²) >= 11 is 6.94. The van der Waals surface area contributed by atoms with Gasteiger partial charge in [-0.3, -0.25) is 0 Å². The number of hydrogen-bond donors (Lipinski definition) is 1. The first-order chi connectivity index (χ1) is 6.68. The second-order valence-corrected chi connectivity index (χ2v) is 5.17. The molecule has 0 aromatic heterocycles. The Balaban J connectivity index is 2.53. The van der Waals surface area contributed by atoms with Gasteiger partial charge in [0, 0.05) is 16.1 Å². The van der Waals surface area contributed by atoms with Crippen molar-refractivity contribution in [2.24, 2.45) is 5.73 Å². The lowest BCUT2D eigenvalue weighted by molar-refractivity contribution is 0.314. The first kappa shape index (κ1) is 10.5. The largest absolute Gasteiger partial charge is 0.492 e. The Bertz CT molecular complexity index is 354. The molecule has 0 amide bonds. The van der Waals surface area contributed by atoms with Crippen molar-refractivity contribution in [2.45, 2.75) is 18.9 Å². The molecule has 1 atom stereocenters. The van der Waals surface area contributed by atoms with Crippen LogP contribution in [0.1, 0.15) is 24.4 Å². The molecule has 1 aromatic carbocycles. The molecule has 1 aliphatic rings. The van der Waals surface area contributed by atoms with Gasteiger partial charge in [-0.25, -0.2) is 0 Å². The fraction of sp³-hybridized carbons (Fsp3) is 0.400. The lowest BCUT2D eigenvalue weighted by Gasteiger charge is -2.13. The second-order valence-electron chi connectivity index (χ2n) is 3.40. The fourth-order valence-electron chi connectivity index (χ4n) is 1.64. The van der Waals surface area contributed by atoms with E-state index >= 15 is 0 Å². The van der Waals surface area contributed by atoms with Crippen LogP contribution in [0.3, 0.4) is 0 Å². The molecule has 0 radical (unpaired) electrons. The van der Waals surface area contributed by atoms with Crippen LogP contribution in [0.15, 0.2) is 21.1 Å². The maximum Gasteiger partial charge on any atom is 0.138 e. The third-order valence-corrected chi connectivity index (χ3v) is 3.39. The summed E-state index contributed by atoms with van der Waals surface area (Å²) in [5.41, 5.74) is 7.15. The van der Waals surface area contributed by atoms with Gasteiger partial charge in [-0.15, -0.1) is 0 Å². The zero-order valence-corrected chi connectivity index (χ0v) is 10.8. The van der Waals surface area contributed by atoms with Gasteiger partial charge >= 0.3 is 0 Å². The van der Waals surface area contributed by atoms with Crippen LogP contribution in [0, 0.1) is 0 Å². The maximum absolute atomic E-state index is 6.06. The van der Waals surface area contributed by atoms with Crippen LogP contribution < -0.4 is 10.5 Å². The Labute approximate surface area is 100 Å². The van der Waals surface area contributed by atoms with Crippen LogP contribution in [0.2, 0.25) is 0 Å². The first-order valence-electron chi connectivity index (χ1n) is 4.56. The van der Waals surface area contributed by atoms with Crippen molar-refractivity contribution in [3.63, 3.8) is 0 Å². The van der Waals surface area contributed by atoms with E-state index in [1.54, 1.807) is 0 Å². The summed E-state index contributed by atoms with van der Waals surface area (Å²) in [5.74, 6) is 0.901. The Morgan fingerprint density at radius 1 is 1.36 bits per heavy atom. The van der Waals surface area contributed by atoms with Gasteiger partial charge in [0.15, 0.2) is 0 Å². The van der Waals surface area contributed by atoms with Crippen LogP contribution in [0.25, 0.3) is 0 Å². The summed E-state index contributed by atoms with van der Waals surface area (Å²) in [6.07, 6.45) is 2.00. The summed E-state index contributed by atoms with van der Waals surface area (Å²) in [6.45, 7) is 0.751. The molecule has 0 saturated carbocycles. The average molecular weight is 321 g/mol. The van der Waals surface area contributed by atoms with Gasteiger partial charge in [-0.05, 0) is 40.9 Å². The Morgan fingerprint density at radius 2 is 2.14 bits per heavy atom. The van der Waals surface area contributed by atoms with Crippen molar-refractivity contribution in [1.29, 1.82) is 0 Å². The molecule has 4 heteroatoms. The molecule has 0 aliphatic carbocycles. The highest BCUT2D eigenvalue weighted by atomic mass is 79.9. The molecule has 1 aliphatic heterocycles. The summed E-state index contributed by atoms with van der Waals surface area (Å²) in [7, 11) is 0. The highest BCUT2D eigenvalue weighted by Crippen LogP contribution is 2.38. The zero-order valence-electron chi connectivity index (χ0n) is 7.59. The smallest absolute Gasteiger partial charge is 0.138 e. The molecule has 0 unspecified atom stereocenters. The van der Waals surface area contributed by atoms with Crippen molar-refractivity contribution in [2.75, 3.05) is 6.61 Å². The quantitative estimate of drug-likeness (QED) is 0.795. The van der Waals surface area contributed by atoms with E-state index < -0.39 is 0 Å². The van der Waals surface area contributed by atoms with Gasteiger partial charge in [-0.2, -0.15) is 0 Å². The zero-order chi connectivity index (χ0) is 10.1. The Hall–Kier alpha value is -0.0600. The molecular formula is C10H11Br2NO. The minimum atomic E-state index is 0.0845. The number of nitrogens with two attached hydrogens (primary N) is 1. The topological polar surface area (TPSA) is 35.2 Å². The Morgan fingerprint density at radius 3 is 2.93 bits per heavy atom. The van der Waals surface area contributed by atoms with Crippen molar-refractivity contribution < 1.29 is 4.74 Å². The molecule has 1 heterocycles. The molecule has 0 fully saturated rings. The minimum absolute atomic E-state index is 0.0845. The molecule has 0 bridgehead atoms. The first-order valence-corrected chi connectivity index (χ1v) is 6.14. The minimum Gasteiger partial charge on any atom is -0.492 e. The average Bonchev–Trinajstić information content (AvgIpc) is 2.29. The molecule has 14 heavy (non-hydrogen) atoms. The van der Waals surface area contributed by atoms with E-state index in [1.807, 2.05) is 12.1 Å². The van der Waals surface area contributed by atoms with E-state index in [1.165, 1.54) is 0 Å². The predicted molar refractivity (Wildman–Crippen MR) is 63.5 cm³/mol. The third kappa shape index (κ3) is 1.97. The maximum atomic E-state index is 6.06. The molecule has 1 aromatic rings. The fourth-order valence-corrected chi connectivity index (χ4v) is 3.01. The molecule has 0 spiro atoms. The van der Waals surface area contributed by atoms with Crippen molar-refractivity contribution in [3.8, 4) is 5.75 Å². The SMILES string of the molecule is N[C@H]1CCCOc2c(Br)cc(Br)cc21.